The predicted molar refractivity (Wildman–Crippen MR) is 125 cm³/mol. The van der Waals surface area contributed by atoms with E-state index in [2.05, 4.69) is 58.2 Å². The molecule has 2 aromatic carbocycles. The standard InChI is InChI=1S/C22H25Cl2N3S/c1-25-8-10-26(11-9-25)22-5-3-2-4-17(22)14-19-16-27(12-13-28-19)18-6-7-20(23)21(24)15-18/h2-7,14-15H,8-13,16H2,1H3. The van der Waals surface area contributed by atoms with Crippen LogP contribution in [0.15, 0.2) is 47.4 Å². The predicted octanol–water partition coefficient (Wildman–Crippen LogP) is 5.34. The third-order valence-electron chi connectivity index (χ3n) is 5.36. The van der Waals surface area contributed by atoms with Crippen LogP contribution < -0.4 is 9.80 Å². The van der Waals surface area contributed by atoms with Gasteiger partial charge < -0.3 is 14.7 Å². The van der Waals surface area contributed by atoms with Gasteiger partial charge in [-0.2, -0.15) is 0 Å². The van der Waals surface area contributed by atoms with Crippen molar-refractivity contribution < 1.29 is 0 Å². The number of benzene rings is 2. The van der Waals surface area contributed by atoms with Gasteiger partial charge in [0.15, 0.2) is 0 Å². The van der Waals surface area contributed by atoms with E-state index in [1.54, 1.807) is 0 Å². The number of nitrogens with zero attached hydrogens (tertiary/aromatic N) is 3. The number of thioether (sulfide) groups is 1. The Bertz CT molecular complexity index is 863. The van der Waals surface area contributed by atoms with Crippen LogP contribution in [0.5, 0.6) is 0 Å². The molecule has 0 aliphatic carbocycles. The zero-order valence-corrected chi connectivity index (χ0v) is 18.4. The number of hydrogen-bond acceptors (Lipinski definition) is 4. The van der Waals surface area contributed by atoms with E-state index in [0.29, 0.717) is 10.0 Å². The van der Waals surface area contributed by atoms with Gasteiger partial charge >= 0.3 is 0 Å². The van der Waals surface area contributed by atoms with E-state index in [4.69, 9.17) is 23.2 Å². The van der Waals surface area contributed by atoms with E-state index in [1.807, 2.05) is 23.9 Å². The van der Waals surface area contributed by atoms with Crippen molar-refractivity contribution in [3.8, 4) is 0 Å². The van der Waals surface area contributed by atoms with Crippen molar-refractivity contribution in [2.45, 2.75) is 0 Å². The van der Waals surface area contributed by atoms with E-state index in [1.165, 1.54) is 16.2 Å². The molecular formula is C22H25Cl2N3S. The normalized spacial score (nSPS) is 20.0. The lowest BCUT2D eigenvalue weighted by Gasteiger charge is -2.35. The van der Waals surface area contributed by atoms with Crippen molar-refractivity contribution in [1.29, 1.82) is 0 Å². The lowest BCUT2D eigenvalue weighted by Crippen LogP contribution is -2.44. The van der Waals surface area contributed by atoms with Gasteiger partial charge in [-0.25, -0.2) is 0 Å². The molecule has 2 heterocycles. The highest BCUT2D eigenvalue weighted by molar-refractivity contribution is 8.03. The van der Waals surface area contributed by atoms with Gasteiger partial charge in [-0.15, -0.1) is 11.8 Å². The second-order valence-corrected chi connectivity index (χ2v) is 9.36. The molecular weight excluding hydrogens is 409 g/mol. The molecule has 4 rings (SSSR count). The summed E-state index contributed by atoms with van der Waals surface area (Å²) in [5, 5.41) is 1.22. The molecule has 2 saturated heterocycles. The average Bonchev–Trinajstić information content (AvgIpc) is 2.71. The van der Waals surface area contributed by atoms with Crippen molar-refractivity contribution >= 4 is 52.4 Å². The lowest BCUT2D eigenvalue weighted by atomic mass is 10.1. The molecule has 0 aromatic heterocycles. The molecule has 148 valence electrons. The minimum absolute atomic E-state index is 0.605. The lowest BCUT2D eigenvalue weighted by molar-refractivity contribution is 0.313. The Kier molecular flexibility index (Phi) is 6.42. The van der Waals surface area contributed by atoms with Gasteiger partial charge in [0.05, 0.1) is 10.0 Å². The number of likely N-dealkylation sites (N-methyl/N-ethyl adjacent to an activating group) is 1. The van der Waals surface area contributed by atoms with E-state index >= 15 is 0 Å². The number of anilines is 2. The molecule has 6 heteroatoms. The summed E-state index contributed by atoms with van der Waals surface area (Å²) in [5.41, 5.74) is 3.79. The molecule has 2 aromatic rings. The monoisotopic (exact) mass is 433 g/mol. The van der Waals surface area contributed by atoms with E-state index in [9.17, 15) is 0 Å². The first-order valence-corrected chi connectivity index (χ1v) is 11.4. The SMILES string of the molecule is CN1CCN(c2ccccc2C=C2CN(c3ccc(Cl)c(Cl)c3)CCS2)CC1. The van der Waals surface area contributed by atoms with Crippen LogP contribution in [0.3, 0.4) is 0 Å². The summed E-state index contributed by atoms with van der Waals surface area (Å²) in [6, 6.07) is 14.7. The van der Waals surface area contributed by atoms with Gasteiger partial charge in [0.1, 0.15) is 0 Å². The Labute approximate surface area is 181 Å². The minimum atomic E-state index is 0.605. The molecule has 2 aliphatic rings. The molecule has 28 heavy (non-hydrogen) atoms. The van der Waals surface area contributed by atoms with Gasteiger partial charge in [-0.1, -0.05) is 41.4 Å². The zero-order chi connectivity index (χ0) is 19.5. The van der Waals surface area contributed by atoms with Crippen LogP contribution in [-0.2, 0) is 0 Å². The highest BCUT2D eigenvalue weighted by atomic mass is 35.5. The molecule has 0 bridgehead atoms. The highest BCUT2D eigenvalue weighted by Crippen LogP contribution is 2.33. The Morgan fingerprint density at radius 3 is 2.46 bits per heavy atom. The van der Waals surface area contributed by atoms with Gasteiger partial charge in [0.25, 0.3) is 0 Å². The van der Waals surface area contributed by atoms with Crippen LogP contribution in [0, 0.1) is 0 Å². The van der Waals surface area contributed by atoms with Crippen molar-refractivity contribution in [3.63, 3.8) is 0 Å². The second-order valence-electron chi connectivity index (χ2n) is 7.33. The van der Waals surface area contributed by atoms with Crippen LogP contribution in [-0.4, -0.2) is 57.0 Å². The van der Waals surface area contributed by atoms with Crippen LogP contribution in [0.4, 0.5) is 11.4 Å². The summed E-state index contributed by atoms with van der Waals surface area (Å²) >= 11 is 14.3. The smallest absolute Gasteiger partial charge is 0.0612 e. The van der Waals surface area contributed by atoms with Crippen molar-refractivity contribution in [2.24, 2.45) is 0 Å². The number of rotatable bonds is 3. The number of para-hydroxylation sites is 1. The molecule has 0 spiro atoms. The maximum absolute atomic E-state index is 6.23. The zero-order valence-electron chi connectivity index (χ0n) is 16.1. The molecule has 0 atom stereocenters. The minimum Gasteiger partial charge on any atom is -0.368 e. The molecule has 3 nitrogen and oxygen atoms in total. The summed E-state index contributed by atoms with van der Waals surface area (Å²) < 4.78 is 0. The van der Waals surface area contributed by atoms with Crippen LogP contribution >= 0.6 is 35.0 Å². The van der Waals surface area contributed by atoms with Crippen LogP contribution in [0.25, 0.3) is 6.08 Å². The Balaban J connectivity index is 1.55. The van der Waals surface area contributed by atoms with Gasteiger partial charge in [0.2, 0.25) is 0 Å². The third kappa shape index (κ3) is 4.62. The summed E-state index contributed by atoms with van der Waals surface area (Å²) in [7, 11) is 2.20. The van der Waals surface area contributed by atoms with E-state index in [0.717, 1.165) is 50.7 Å². The molecule has 0 radical (unpaired) electrons. The quantitative estimate of drug-likeness (QED) is 0.645. The van der Waals surface area contributed by atoms with Gasteiger partial charge in [0, 0.05) is 61.3 Å². The number of piperazine rings is 1. The first-order valence-electron chi connectivity index (χ1n) is 9.66. The van der Waals surface area contributed by atoms with Gasteiger partial charge in [-0.05, 0) is 43.0 Å². The summed E-state index contributed by atoms with van der Waals surface area (Å²) in [6.45, 7) is 6.31. The molecule has 0 N–H and O–H groups in total. The Hall–Kier alpha value is -1.33. The molecule has 0 saturated carbocycles. The van der Waals surface area contributed by atoms with Crippen molar-refractivity contribution in [1.82, 2.24) is 4.90 Å². The maximum atomic E-state index is 6.23. The third-order valence-corrected chi connectivity index (χ3v) is 7.10. The number of halogens is 2. The molecule has 2 fully saturated rings. The molecule has 2 aliphatic heterocycles. The van der Waals surface area contributed by atoms with Crippen LogP contribution in [0.2, 0.25) is 10.0 Å². The summed E-state index contributed by atoms with van der Waals surface area (Å²) in [4.78, 5) is 8.67. The highest BCUT2D eigenvalue weighted by Gasteiger charge is 2.19. The second kappa shape index (κ2) is 9.00. The topological polar surface area (TPSA) is 9.72 Å². The molecule has 0 unspecified atom stereocenters. The molecule has 0 amide bonds. The van der Waals surface area contributed by atoms with E-state index in [-0.39, 0.29) is 0 Å². The summed E-state index contributed by atoms with van der Waals surface area (Å²) in [5.74, 6) is 1.07. The first-order chi connectivity index (χ1) is 13.6. The fraction of sp³-hybridized carbons (Fsp3) is 0.364. The largest absolute Gasteiger partial charge is 0.368 e. The van der Waals surface area contributed by atoms with Gasteiger partial charge in [-0.3, -0.25) is 0 Å². The number of hydrogen-bond donors (Lipinski definition) is 0. The fourth-order valence-corrected chi connectivity index (χ4v) is 5.03. The first kappa shape index (κ1) is 20.0. The summed E-state index contributed by atoms with van der Waals surface area (Å²) in [6.07, 6.45) is 2.36. The van der Waals surface area contributed by atoms with E-state index < -0.39 is 0 Å². The Morgan fingerprint density at radius 2 is 1.68 bits per heavy atom. The fourth-order valence-electron chi connectivity index (χ4n) is 3.71. The van der Waals surface area contributed by atoms with Crippen molar-refractivity contribution in [3.05, 3.63) is 63.0 Å². The van der Waals surface area contributed by atoms with Crippen LogP contribution in [0.1, 0.15) is 5.56 Å². The Morgan fingerprint density at radius 1 is 0.893 bits per heavy atom. The average molecular weight is 434 g/mol. The maximum Gasteiger partial charge on any atom is 0.0612 e. The van der Waals surface area contributed by atoms with Crippen molar-refractivity contribution in [2.75, 3.05) is 61.9 Å².